The van der Waals surface area contributed by atoms with E-state index in [2.05, 4.69) is 110 Å². The van der Waals surface area contributed by atoms with Crippen molar-refractivity contribution in [2.24, 2.45) is 0 Å². The minimum absolute atomic E-state index is 0.0583. The Balaban J connectivity index is 4.53. The third kappa shape index (κ3) is 46.0. The molecular formula is C50H82NO9P. The summed E-state index contributed by atoms with van der Waals surface area (Å²) in [6.45, 7) is 3.52. The Morgan fingerprint density at radius 3 is 1.51 bits per heavy atom. The number of phosphoric ester groups is 1. The fourth-order valence-electron chi connectivity index (χ4n) is 5.28. The van der Waals surface area contributed by atoms with Gasteiger partial charge in [-0.25, -0.2) is 0 Å². The molecule has 0 aromatic heterocycles. The zero-order valence-electron chi connectivity index (χ0n) is 38.4. The number of carbonyl (C=O) groups is 2. The van der Waals surface area contributed by atoms with Crippen molar-refractivity contribution in [3.8, 4) is 0 Å². The smallest absolute Gasteiger partial charge is 0.306 e. The molecule has 0 heterocycles. The molecule has 11 heteroatoms. The summed E-state index contributed by atoms with van der Waals surface area (Å²) in [5, 5.41) is 9.28. The molecule has 0 saturated heterocycles. The molecule has 1 unspecified atom stereocenters. The van der Waals surface area contributed by atoms with Gasteiger partial charge < -0.3 is 33.0 Å². The Bertz CT molecular complexity index is 1420. The summed E-state index contributed by atoms with van der Waals surface area (Å²) in [4.78, 5) is 37.6. The van der Waals surface area contributed by atoms with Crippen LogP contribution >= 0.6 is 7.82 Å². The molecule has 0 spiro atoms. The normalized spacial score (nSPS) is 15.1. The van der Waals surface area contributed by atoms with Crippen LogP contribution < -0.4 is 4.89 Å². The lowest BCUT2D eigenvalue weighted by Crippen LogP contribution is -2.37. The van der Waals surface area contributed by atoms with Crippen LogP contribution in [0.2, 0.25) is 0 Å². The van der Waals surface area contributed by atoms with Gasteiger partial charge in [-0.2, -0.15) is 0 Å². The van der Waals surface area contributed by atoms with Crippen LogP contribution in [0.4, 0.5) is 0 Å². The summed E-state index contributed by atoms with van der Waals surface area (Å²) in [6.07, 6.45) is 52.5. The maximum Gasteiger partial charge on any atom is 0.306 e. The predicted molar refractivity (Wildman–Crippen MR) is 251 cm³/mol. The van der Waals surface area contributed by atoms with Crippen molar-refractivity contribution < 1.29 is 47.2 Å². The highest BCUT2D eigenvalue weighted by molar-refractivity contribution is 7.45. The van der Waals surface area contributed by atoms with Crippen molar-refractivity contribution >= 4 is 19.8 Å². The van der Waals surface area contributed by atoms with E-state index in [1.807, 2.05) is 34.1 Å². The lowest BCUT2D eigenvalue weighted by molar-refractivity contribution is -0.870. The molecule has 0 saturated carbocycles. The van der Waals surface area contributed by atoms with Gasteiger partial charge in [0.05, 0.1) is 33.9 Å². The van der Waals surface area contributed by atoms with Gasteiger partial charge in [-0.1, -0.05) is 123 Å². The van der Waals surface area contributed by atoms with Gasteiger partial charge in [0.25, 0.3) is 7.82 Å². The highest BCUT2D eigenvalue weighted by Crippen LogP contribution is 2.38. The lowest BCUT2D eigenvalue weighted by Gasteiger charge is -2.28. The van der Waals surface area contributed by atoms with E-state index >= 15 is 0 Å². The summed E-state index contributed by atoms with van der Waals surface area (Å²) in [5.41, 5.74) is 0. The number of quaternary nitrogens is 1. The monoisotopic (exact) mass is 872 g/mol. The third-order valence-corrected chi connectivity index (χ3v) is 9.76. The van der Waals surface area contributed by atoms with Crippen LogP contribution in [-0.2, 0) is 32.7 Å². The van der Waals surface area contributed by atoms with Crippen LogP contribution in [0.25, 0.3) is 0 Å². The summed E-state index contributed by atoms with van der Waals surface area (Å²) in [5.74, 6) is -0.968. The number of hydrogen-bond acceptors (Lipinski definition) is 9. The Morgan fingerprint density at radius 1 is 0.590 bits per heavy atom. The maximum absolute atomic E-state index is 12.7. The van der Waals surface area contributed by atoms with Gasteiger partial charge in [-0.3, -0.25) is 14.2 Å². The zero-order chi connectivity index (χ0) is 45.1. The second-order valence-corrected chi connectivity index (χ2v) is 17.4. The number of esters is 2. The number of phosphoric acid groups is 1. The number of unbranched alkanes of at least 4 members (excludes halogenated alkanes) is 5. The van der Waals surface area contributed by atoms with Gasteiger partial charge in [-0.05, 0) is 110 Å². The Labute approximate surface area is 370 Å². The third-order valence-electron chi connectivity index (χ3n) is 8.80. The van der Waals surface area contributed by atoms with E-state index in [0.29, 0.717) is 30.3 Å². The van der Waals surface area contributed by atoms with Gasteiger partial charge in [0.1, 0.15) is 19.8 Å². The van der Waals surface area contributed by atoms with E-state index in [1.54, 1.807) is 0 Å². The number of allylic oxidation sites excluding steroid dienone is 18. The predicted octanol–water partition coefficient (Wildman–Crippen LogP) is 11.5. The van der Waals surface area contributed by atoms with Crippen LogP contribution in [0.15, 0.2) is 109 Å². The average Bonchev–Trinajstić information content (AvgIpc) is 3.20. The first-order valence-corrected chi connectivity index (χ1v) is 24.1. The molecule has 0 rings (SSSR count). The van der Waals surface area contributed by atoms with Crippen LogP contribution in [0.5, 0.6) is 0 Å². The molecular weight excluding hydrogens is 790 g/mol. The van der Waals surface area contributed by atoms with Gasteiger partial charge in [0.15, 0.2) is 6.10 Å². The number of likely N-dealkylation sites (N-methyl/N-ethyl adjacent to an activating group) is 1. The van der Waals surface area contributed by atoms with Gasteiger partial charge in [0, 0.05) is 12.8 Å². The highest BCUT2D eigenvalue weighted by atomic mass is 31.2. The Hall–Kier alpha value is -3.37. The summed E-state index contributed by atoms with van der Waals surface area (Å²) in [7, 11) is 1.07. The molecule has 0 bridgehead atoms. The van der Waals surface area contributed by atoms with E-state index in [4.69, 9.17) is 18.5 Å². The van der Waals surface area contributed by atoms with Crippen molar-refractivity contribution in [3.05, 3.63) is 109 Å². The van der Waals surface area contributed by atoms with Crippen molar-refractivity contribution in [2.45, 2.75) is 148 Å². The first-order valence-electron chi connectivity index (χ1n) is 22.6. The zero-order valence-corrected chi connectivity index (χ0v) is 39.3. The second kappa shape index (κ2) is 40.7. The number of aliphatic hydroxyl groups is 1. The molecule has 0 amide bonds. The largest absolute Gasteiger partial charge is 0.756 e. The summed E-state index contributed by atoms with van der Waals surface area (Å²) >= 11 is 0. The number of aliphatic hydroxyl groups excluding tert-OH is 1. The van der Waals surface area contributed by atoms with Crippen LogP contribution in [-0.4, -0.2) is 81.2 Å². The van der Waals surface area contributed by atoms with Crippen LogP contribution in [0, 0.1) is 0 Å². The fourth-order valence-corrected chi connectivity index (χ4v) is 6.01. The Morgan fingerprint density at radius 2 is 1.03 bits per heavy atom. The van der Waals surface area contributed by atoms with Crippen LogP contribution in [0.3, 0.4) is 0 Å². The maximum atomic E-state index is 12.7. The molecule has 0 radical (unpaired) electrons. The lowest BCUT2D eigenvalue weighted by atomic mass is 10.1. The van der Waals surface area contributed by atoms with Gasteiger partial charge in [0.2, 0.25) is 0 Å². The minimum atomic E-state index is -4.66. The van der Waals surface area contributed by atoms with Gasteiger partial charge in [-0.15, -0.1) is 0 Å². The van der Waals surface area contributed by atoms with Crippen molar-refractivity contribution in [1.29, 1.82) is 0 Å². The van der Waals surface area contributed by atoms with E-state index < -0.39 is 32.5 Å². The molecule has 0 aliphatic carbocycles. The van der Waals surface area contributed by atoms with E-state index in [9.17, 15) is 24.2 Å². The van der Waals surface area contributed by atoms with Crippen molar-refractivity contribution in [2.75, 3.05) is 47.5 Å². The highest BCUT2D eigenvalue weighted by Gasteiger charge is 2.21. The fraction of sp³-hybridized carbons (Fsp3) is 0.600. The molecule has 346 valence electrons. The molecule has 0 aliphatic rings. The second-order valence-electron chi connectivity index (χ2n) is 16.0. The molecule has 0 fully saturated rings. The molecule has 1 N–H and O–H groups in total. The average molecular weight is 872 g/mol. The summed E-state index contributed by atoms with van der Waals surface area (Å²) in [6, 6.07) is 0. The molecule has 61 heavy (non-hydrogen) atoms. The Kier molecular flexibility index (Phi) is 38.4. The van der Waals surface area contributed by atoms with Gasteiger partial charge >= 0.3 is 11.9 Å². The number of nitrogens with zero attached hydrogens (tertiary/aromatic N) is 1. The SMILES string of the molecule is CC/C=C\C/C=C\C/C=C\C/C=C\C/C=C\CCCCCC(=O)O[C@H](COC(=O)CCC/C=C\C/C=C\C/C=C\C/C=C\CCC[C@@H](C)O)COP(=O)([O-])OCC[N+](C)(C)C. The number of rotatable bonds is 39. The first-order chi connectivity index (χ1) is 29.3. The molecule has 0 aromatic rings. The molecule has 10 nitrogen and oxygen atoms in total. The minimum Gasteiger partial charge on any atom is -0.756 e. The van der Waals surface area contributed by atoms with E-state index in [0.717, 1.165) is 89.9 Å². The topological polar surface area (TPSA) is 131 Å². The van der Waals surface area contributed by atoms with Crippen molar-refractivity contribution in [3.63, 3.8) is 0 Å². The number of ether oxygens (including phenoxy) is 2. The number of hydrogen-bond donors (Lipinski definition) is 1. The standard InChI is InChI=1S/C50H82NO9P/c1-6-7-8-9-10-11-12-13-14-15-16-17-20-24-27-30-33-36-39-42-50(54)60-48(46-59-61(55,56)58-44-43-51(3,4)5)45-57-49(53)41-38-35-32-29-26-23-21-18-19-22-25-28-31-34-37-40-47(2)52/h7-8,10-11,13-14,16-17,19,21-24,27-29,31-32,47-48,52H,6,9,12,15,18,20,25-26,30,33-46H2,1-5H3/b8-7-,11-10-,14-13-,17-16-,22-19-,23-21-,27-24-,31-28-,32-29-/t47-,48-/m1/s1. The van der Waals surface area contributed by atoms with E-state index in [-0.39, 0.29) is 32.2 Å². The first kappa shape index (κ1) is 57.6. The molecule has 3 atom stereocenters. The molecule has 0 aromatic carbocycles. The van der Waals surface area contributed by atoms with Crippen LogP contribution in [0.1, 0.15) is 136 Å². The quantitative estimate of drug-likeness (QED) is 0.0211. The molecule has 0 aliphatic heterocycles. The van der Waals surface area contributed by atoms with E-state index in [1.165, 1.54) is 0 Å². The van der Waals surface area contributed by atoms with Crippen molar-refractivity contribution in [1.82, 2.24) is 0 Å². The summed E-state index contributed by atoms with van der Waals surface area (Å²) < 4.78 is 33.8. The number of carbonyl (C=O) groups excluding carboxylic acids is 2.